The lowest BCUT2D eigenvalue weighted by atomic mass is 10.1. The average Bonchev–Trinajstić information content (AvgIpc) is 2.67. The summed E-state index contributed by atoms with van der Waals surface area (Å²) in [6, 6.07) is 6.09. The molecule has 0 aliphatic rings. The van der Waals surface area contributed by atoms with Gasteiger partial charge in [0.05, 0.1) is 17.8 Å². The van der Waals surface area contributed by atoms with E-state index in [1.54, 1.807) is 17.1 Å². The predicted molar refractivity (Wildman–Crippen MR) is 68.4 cm³/mol. The molecular formula is C11H11BrClN3. The second kappa shape index (κ2) is 4.99. The molecule has 0 fully saturated rings. The van der Waals surface area contributed by atoms with Gasteiger partial charge in [-0.3, -0.25) is 4.68 Å². The lowest BCUT2D eigenvalue weighted by molar-refractivity contribution is 0.684. The smallest absolute Gasteiger partial charge is 0.0785 e. The Bertz CT molecular complexity index is 496. The minimum Gasteiger partial charge on any atom is -0.326 e. The van der Waals surface area contributed by atoms with Gasteiger partial charge >= 0.3 is 0 Å². The molecule has 1 aromatic heterocycles. The van der Waals surface area contributed by atoms with Gasteiger partial charge in [-0.25, -0.2) is 0 Å². The fraction of sp³-hybridized carbons (Fsp3) is 0.182. The fourth-order valence-corrected chi connectivity index (χ4v) is 2.15. The molecule has 0 atom stereocenters. The van der Waals surface area contributed by atoms with Crippen molar-refractivity contribution in [3.8, 4) is 0 Å². The number of nitrogens with two attached hydrogens (primary N) is 1. The Hall–Kier alpha value is -0.840. The van der Waals surface area contributed by atoms with Crippen molar-refractivity contribution in [2.24, 2.45) is 5.73 Å². The highest BCUT2D eigenvalue weighted by Crippen LogP contribution is 2.20. The average molecular weight is 301 g/mol. The van der Waals surface area contributed by atoms with E-state index >= 15 is 0 Å². The molecule has 0 spiro atoms. The predicted octanol–water partition coefficient (Wildman–Crippen LogP) is 2.81. The van der Waals surface area contributed by atoms with Gasteiger partial charge in [0.15, 0.2) is 0 Å². The molecule has 0 saturated carbocycles. The van der Waals surface area contributed by atoms with Crippen LogP contribution in [0.2, 0.25) is 5.02 Å². The zero-order valence-corrected chi connectivity index (χ0v) is 10.9. The van der Waals surface area contributed by atoms with E-state index in [0.717, 1.165) is 15.6 Å². The van der Waals surface area contributed by atoms with Crippen LogP contribution in [0.15, 0.2) is 35.1 Å². The molecule has 0 aliphatic heterocycles. The third-order valence-corrected chi connectivity index (χ3v) is 3.22. The topological polar surface area (TPSA) is 43.8 Å². The molecule has 0 bridgehead atoms. The first-order valence-corrected chi connectivity index (χ1v) is 6.01. The van der Waals surface area contributed by atoms with E-state index < -0.39 is 0 Å². The van der Waals surface area contributed by atoms with Crippen LogP contribution >= 0.6 is 27.5 Å². The number of hydrogen-bond donors (Lipinski definition) is 1. The SMILES string of the molecule is NCc1ccc(Cn2cc(Cl)cn2)c(Br)c1. The molecule has 0 amide bonds. The third kappa shape index (κ3) is 2.64. The van der Waals surface area contributed by atoms with Crippen LogP contribution in [-0.4, -0.2) is 9.78 Å². The summed E-state index contributed by atoms with van der Waals surface area (Å²) in [6.45, 7) is 1.24. The molecule has 1 aromatic carbocycles. The molecule has 2 N–H and O–H groups in total. The van der Waals surface area contributed by atoms with Crippen molar-refractivity contribution in [3.63, 3.8) is 0 Å². The Balaban J connectivity index is 2.21. The van der Waals surface area contributed by atoms with Crippen LogP contribution in [-0.2, 0) is 13.1 Å². The molecule has 0 aliphatic carbocycles. The Morgan fingerprint density at radius 2 is 2.25 bits per heavy atom. The Morgan fingerprint density at radius 1 is 1.44 bits per heavy atom. The number of hydrogen-bond acceptors (Lipinski definition) is 2. The van der Waals surface area contributed by atoms with E-state index in [9.17, 15) is 0 Å². The number of rotatable bonds is 3. The van der Waals surface area contributed by atoms with Gasteiger partial charge in [-0.1, -0.05) is 39.7 Å². The monoisotopic (exact) mass is 299 g/mol. The van der Waals surface area contributed by atoms with E-state index in [4.69, 9.17) is 17.3 Å². The van der Waals surface area contributed by atoms with Crippen LogP contribution in [0, 0.1) is 0 Å². The highest BCUT2D eigenvalue weighted by atomic mass is 79.9. The first-order chi connectivity index (χ1) is 7.69. The summed E-state index contributed by atoms with van der Waals surface area (Å²) in [5.74, 6) is 0. The molecule has 0 saturated heterocycles. The highest BCUT2D eigenvalue weighted by molar-refractivity contribution is 9.10. The standard InChI is InChI=1S/C11H11BrClN3/c12-11-3-8(4-14)1-2-9(11)6-16-7-10(13)5-15-16/h1-3,5,7H,4,6,14H2. The van der Waals surface area contributed by atoms with E-state index in [-0.39, 0.29) is 0 Å². The van der Waals surface area contributed by atoms with E-state index in [0.29, 0.717) is 18.1 Å². The number of halogens is 2. The van der Waals surface area contributed by atoms with Crippen LogP contribution in [0.5, 0.6) is 0 Å². The molecule has 16 heavy (non-hydrogen) atoms. The molecule has 0 radical (unpaired) electrons. The maximum atomic E-state index is 5.80. The van der Waals surface area contributed by atoms with Crippen molar-refractivity contribution >= 4 is 27.5 Å². The van der Waals surface area contributed by atoms with Gasteiger partial charge in [-0.2, -0.15) is 5.10 Å². The summed E-state index contributed by atoms with van der Waals surface area (Å²) in [4.78, 5) is 0. The molecule has 0 unspecified atom stereocenters. The minimum absolute atomic E-state index is 0.548. The van der Waals surface area contributed by atoms with Gasteiger partial charge in [-0.15, -0.1) is 0 Å². The summed E-state index contributed by atoms with van der Waals surface area (Å²) >= 11 is 9.33. The van der Waals surface area contributed by atoms with Gasteiger partial charge in [0.1, 0.15) is 0 Å². The van der Waals surface area contributed by atoms with Gasteiger partial charge in [0.2, 0.25) is 0 Å². The summed E-state index contributed by atoms with van der Waals surface area (Å²) in [5, 5.41) is 4.78. The molecule has 1 heterocycles. The molecule has 84 valence electrons. The summed E-state index contributed by atoms with van der Waals surface area (Å²) < 4.78 is 2.84. The Labute approximate surface area is 107 Å². The number of aromatic nitrogens is 2. The van der Waals surface area contributed by atoms with Crippen molar-refractivity contribution in [3.05, 3.63) is 51.2 Å². The molecule has 3 nitrogen and oxygen atoms in total. The van der Waals surface area contributed by atoms with Crippen LogP contribution in [0.25, 0.3) is 0 Å². The quantitative estimate of drug-likeness (QED) is 0.947. The molecule has 5 heteroatoms. The van der Waals surface area contributed by atoms with Crippen molar-refractivity contribution in [2.75, 3.05) is 0 Å². The summed E-state index contributed by atoms with van der Waals surface area (Å²) in [7, 11) is 0. The Kier molecular flexibility index (Phi) is 3.63. The van der Waals surface area contributed by atoms with Crippen molar-refractivity contribution in [1.29, 1.82) is 0 Å². The second-order valence-electron chi connectivity index (χ2n) is 3.49. The molecular weight excluding hydrogens is 289 g/mol. The largest absolute Gasteiger partial charge is 0.326 e. The van der Waals surface area contributed by atoms with Crippen LogP contribution in [0.4, 0.5) is 0 Å². The maximum absolute atomic E-state index is 5.80. The van der Waals surface area contributed by atoms with Gasteiger partial charge in [0.25, 0.3) is 0 Å². The summed E-state index contributed by atoms with van der Waals surface area (Å²) in [6.07, 6.45) is 3.43. The maximum Gasteiger partial charge on any atom is 0.0785 e. The lowest BCUT2D eigenvalue weighted by Gasteiger charge is -2.06. The van der Waals surface area contributed by atoms with E-state index in [1.165, 1.54) is 0 Å². The van der Waals surface area contributed by atoms with E-state index in [2.05, 4.69) is 21.0 Å². The Morgan fingerprint density at radius 3 is 2.81 bits per heavy atom. The fourth-order valence-electron chi connectivity index (χ4n) is 1.45. The van der Waals surface area contributed by atoms with Crippen molar-refractivity contribution in [2.45, 2.75) is 13.1 Å². The zero-order valence-electron chi connectivity index (χ0n) is 8.53. The van der Waals surface area contributed by atoms with Gasteiger partial charge in [0, 0.05) is 17.2 Å². The van der Waals surface area contributed by atoms with Crippen LogP contribution < -0.4 is 5.73 Å². The molecule has 2 rings (SSSR count). The van der Waals surface area contributed by atoms with Crippen LogP contribution in [0.1, 0.15) is 11.1 Å². The van der Waals surface area contributed by atoms with E-state index in [1.807, 2.05) is 18.2 Å². The van der Waals surface area contributed by atoms with Crippen molar-refractivity contribution in [1.82, 2.24) is 9.78 Å². The number of benzene rings is 1. The second-order valence-corrected chi connectivity index (χ2v) is 4.78. The normalized spacial score (nSPS) is 10.7. The van der Waals surface area contributed by atoms with Crippen molar-refractivity contribution < 1.29 is 0 Å². The van der Waals surface area contributed by atoms with Gasteiger partial charge in [-0.05, 0) is 17.2 Å². The zero-order chi connectivity index (χ0) is 11.5. The lowest BCUT2D eigenvalue weighted by Crippen LogP contribution is -2.02. The number of nitrogens with zero attached hydrogens (tertiary/aromatic N) is 2. The first-order valence-electron chi connectivity index (χ1n) is 4.84. The first kappa shape index (κ1) is 11.6. The van der Waals surface area contributed by atoms with Gasteiger partial charge < -0.3 is 5.73 Å². The summed E-state index contributed by atoms with van der Waals surface area (Å²) in [5.41, 5.74) is 7.82. The third-order valence-electron chi connectivity index (χ3n) is 2.29. The van der Waals surface area contributed by atoms with Crippen LogP contribution in [0.3, 0.4) is 0 Å². The minimum atomic E-state index is 0.548. The molecule has 2 aromatic rings. The highest BCUT2D eigenvalue weighted by Gasteiger charge is 2.03.